The normalized spacial score (nSPS) is 21.4. The number of sulfone groups is 1. The highest BCUT2D eigenvalue weighted by atomic mass is 32.2. The van der Waals surface area contributed by atoms with Crippen LogP contribution in [-0.4, -0.2) is 32.4 Å². The van der Waals surface area contributed by atoms with Gasteiger partial charge in [-0.15, -0.1) is 0 Å². The Morgan fingerprint density at radius 1 is 1.25 bits per heavy atom. The third-order valence-corrected chi connectivity index (χ3v) is 5.36. The molecule has 110 valence electrons. The molecule has 0 saturated heterocycles. The van der Waals surface area contributed by atoms with Gasteiger partial charge in [0, 0.05) is 12.5 Å². The lowest BCUT2D eigenvalue weighted by atomic mass is 10.2. The summed E-state index contributed by atoms with van der Waals surface area (Å²) in [6, 6.07) is 9.56. The summed E-state index contributed by atoms with van der Waals surface area (Å²) in [4.78, 5) is 11.6. The molecule has 0 heterocycles. The number of hydrogen-bond donors (Lipinski definition) is 1. The van der Waals surface area contributed by atoms with E-state index >= 15 is 0 Å². The van der Waals surface area contributed by atoms with Gasteiger partial charge in [-0.2, -0.15) is 0 Å². The third kappa shape index (κ3) is 4.63. The van der Waals surface area contributed by atoms with Crippen LogP contribution >= 0.6 is 0 Å². The van der Waals surface area contributed by atoms with Crippen LogP contribution in [0.2, 0.25) is 0 Å². The van der Waals surface area contributed by atoms with E-state index in [1.54, 1.807) is 0 Å². The van der Waals surface area contributed by atoms with E-state index in [1.165, 1.54) is 0 Å². The van der Waals surface area contributed by atoms with E-state index in [9.17, 15) is 13.2 Å². The van der Waals surface area contributed by atoms with Gasteiger partial charge in [0.2, 0.25) is 5.91 Å². The smallest absolute Gasteiger partial charge is 0.223 e. The fourth-order valence-electron chi connectivity index (χ4n) is 2.17. The Hall–Kier alpha value is -1.36. The van der Waals surface area contributed by atoms with Gasteiger partial charge in [0.15, 0.2) is 9.84 Å². The molecule has 5 heteroatoms. The SMILES string of the molecule is C[C@H]1C[C@@H]1C(=O)NCCS(=O)(=O)CCc1ccccc1. The summed E-state index contributed by atoms with van der Waals surface area (Å²) < 4.78 is 23.8. The average molecular weight is 295 g/mol. The third-order valence-electron chi connectivity index (χ3n) is 3.70. The number of benzene rings is 1. The van der Waals surface area contributed by atoms with Crippen LogP contribution in [0.5, 0.6) is 0 Å². The largest absolute Gasteiger partial charge is 0.355 e. The number of hydrogen-bond acceptors (Lipinski definition) is 3. The van der Waals surface area contributed by atoms with Crippen LogP contribution in [0, 0.1) is 11.8 Å². The number of carbonyl (C=O) groups excluding carboxylic acids is 1. The molecular weight excluding hydrogens is 274 g/mol. The Balaban J connectivity index is 1.70. The topological polar surface area (TPSA) is 63.2 Å². The van der Waals surface area contributed by atoms with Gasteiger partial charge in [0.05, 0.1) is 11.5 Å². The molecule has 1 saturated carbocycles. The minimum absolute atomic E-state index is 0.00393. The monoisotopic (exact) mass is 295 g/mol. The maximum Gasteiger partial charge on any atom is 0.223 e. The fraction of sp³-hybridized carbons (Fsp3) is 0.533. The van der Waals surface area contributed by atoms with Crippen molar-refractivity contribution in [3.8, 4) is 0 Å². The van der Waals surface area contributed by atoms with Crippen molar-refractivity contribution in [3.63, 3.8) is 0 Å². The van der Waals surface area contributed by atoms with E-state index in [0.717, 1.165) is 12.0 Å². The summed E-state index contributed by atoms with van der Waals surface area (Å²) in [7, 11) is -3.11. The van der Waals surface area contributed by atoms with Crippen molar-refractivity contribution in [1.82, 2.24) is 5.32 Å². The summed E-state index contributed by atoms with van der Waals surface area (Å²) in [6.45, 7) is 2.25. The van der Waals surface area contributed by atoms with Crippen molar-refractivity contribution >= 4 is 15.7 Å². The highest BCUT2D eigenvalue weighted by molar-refractivity contribution is 7.91. The summed E-state index contributed by atoms with van der Waals surface area (Å²) in [5.41, 5.74) is 1.02. The van der Waals surface area contributed by atoms with E-state index in [0.29, 0.717) is 12.3 Å². The minimum atomic E-state index is -3.11. The summed E-state index contributed by atoms with van der Waals surface area (Å²) in [5.74, 6) is 0.696. The Morgan fingerprint density at radius 2 is 1.90 bits per heavy atom. The molecule has 20 heavy (non-hydrogen) atoms. The van der Waals surface area contributed by atoms with Gasteiger partial charge >= 0.3 is 0 Å². The summed E-state index contributed by atoms with van der Waals surface area (Å²) >= 11 is 0. The Morgan fingerprint density at radius 3 is 2.50 bits per heavy atom. The van der Waals surface area contributed by atoms with Gasteiger partial charge < -0.3 is 5.32 Å². The predicted molar refractivity (Wildman–Crippen MR) is 79.1 cm³/mol. The number of aryl methyl sites for hydroxylation is 1. The van der Waals surface area contributed by atoms with Gasteiger partial charge in [0.1, 0.15) is 0 Å². The maximum absolute atomic E-state index is 11.9. The molecule has 1 fully saturated rings. The van der Waals surface area contributed by atoms with Crippen LogP contribution < -0.4 is 5.32 Å². The Kier molecular flexibility index (Phi) is 4.81. The van der Waals surface area contributed by atoms with Gasteiger partial charge in [-0.1, -0.05) is 37.3 Å². The number of rotatable bonds is 7. The fourth-order valence-corrected chi connectivity index (χ4v) is 3.33. The lowest BCUT2D eigenvalue weighted by molar-refractivity contribution is -0.122. The van der Waals surface area contributed by atoms with Crippen molar-refractivity contribution < 1.29 is 13.2 Å². The lowest BCUT2D eigenvalue weighted by Crippen LogP contribution is -2.31. The number of amides is 1. The van der Waals surface area contributed by atoms with Gasteiger partial charge in [-0.3, -0.25) is 4.79 Å². The van der Waals surface area contributed by atoms with Crippen LogP contribution in [-0.2, 0) is 21.1 Å². The molecule has 1 aromatic rings. The molecule has 0 aromatic heterocycles. The standard InChI is InChI=1S/C15H21NO3S/c1-12-11-14(12)15(17)16-8-10-20(18,19)9-7-13-5-3-2-4-6-13/h2-6,12,14H,7-11H2,1H3,(H,16,17)/t12-,14-/m0/s1. The molecule has 1 N–H and O–H groups in total. The van der Waals surface area contributed by atoms with Crippen LogP contribution in [0.3, 0.4) is 0 Å². The number of nitrogens with one attached hydrogen (secondary N) is 1. The molecule has 0 unspecified atom stereocenters. The molecule has 0 aliphatic heterocycles. The van der Waals surface area contributed by atoms with Gasteiger partial charge in [0.25, 0.3) is 0 Å². The van der Waals surface area contributed by atoms with E-state index in [4.69, 9.17) is 0 Å². The lowest BCUT2D eigenvalue weighted by Gasteiger charge is -2.06. The van der Waals surface area contributed by atoms with Crippen LogP contribution in [0.1, 0.15) is 18.9 Å². The second kappa shape index (κ2) is 6.39. The molecule has 1 aliphatic carbocycles. The van der Waals surface area contributed by atoms with Crippen molar-refractivity contribution in [2.24, 2.45) is 11.8 Å². The zero-order valence-corrected chi connectivity index (χ0v) is 12.5. The quantitative estimate of drug-likeness (QED) is 0.827. The first-order valence-corrected chi connectivity index (χ1v) is 8.82. The van der Waals surface area contributed by atoms with Crippen molar-refractivity contribution in [2.45, 2.75) is 19.8 Å². The predicted octanol–water partition coefficient (Wildman–Crippen LogP) is 1.42. The average Bonchev–Trinajstić information content (AvgIpc) is 3.15. The Bertz CT molecular complexity index is 554. The minimum Gasteiger partial charge on any atom is -0.355 e. The van der Waals surface area contributed by atoms with Crippen molar-refractivity contribution in [1.29, 1.82) is 0 Å². The molecular formula is C15H21NO3S. The highest BCUT2D eigenvalue weighted by Gasteiger charge is 2.38. The first-order valence-electron chi connectivity index (χ1n) is 7.00. The van der Waals surface area contributed by atoms with Gasteiger partial charge in [-0.05, 0) is 24.3 Å². The van der Waals surface area contributed by atoms with Crippen LogP contribution in [0.15, 0.2) is 30.3 Å². The molecule has 4 nitrogen and oxygen atoms in total. The van der Waals surface area contributed by atoms with E-state index in [2.05, 4.69) is 5.32 Å². The van der Waals surface area contributed by atoms with Crippen LogP contribution in [0.25, 0.3) is 0 Å². The summed E-state index contributed by atoms with van der Waals surface area (Å²) in [6.07, 6.45) is 1.45. The van der Waals surface area contributed by atoms with E-state index in [-0.39, 0.29) is 29.9 Å². The second-order valence-electron chi connectivity index (χ2n) is 5.50. The Labute approximate surface area is 120 Å². The molecule has 1 amide bonds. The molecule has 0 radical (unpaired) electrons. The van der Waals surface area contributed by atoms with Gasteiger partial charge in [-0.25, -0.2) is 8.42 Å². The van der Waals surface area contributed by atoms with Crippen molar-refractivity contribution in [3.05, 3.63) is 35.9 Å². The van der Waals surface area contributed by atoms with E-state index in [1.807, 2.05) is 37.3 Å². The molecule has 0 spiro atoms. The zero-order valence-electron chi connectivity index (χ0n) is 11.7. The maximum atomic E-state index is 11.9. The first-order chi connectivity index (χ1) is 9.48. The molecule has 0 bridgehead atoms. The van der Waals surface area contributed by atoms with Crippen molar-refractivity contribution in [2.75, 3.05) is 18.1 Å². The van der Waals surface area contributed by atoms with Crippen LogP contribution in [0.4, 0.5) is 0 Å². The molecule has 1 aliphatic rings. The molecule has 2 atom stereocenters. The highest BCUT2D eigenvalue weighted by Crippen LogP contribution is 2.37. The zero-order chi connectivity index (χ0) is 14.6. The van der Waals surface area contributed by atoms with E-state index < -0.39 is 9.84 Å². The molecule has 1 aromatic carbocycles. The summed E-state index contributed by atoms with van der Waals surface area (Å²) in [5, 5.41) is 2.71. The first kappa shape index (κ1) is 15.0. The second-order valence-corrected chi connectivity index (χ2v) is 7.80. The number of carbonyl (C=O) groups is 1. The molecule has 2 rings (SSSR count).